The second kappa shape index (κ2) is 5.83. The summed E-state index contributed by atoms with van der Waals surface area (Å²) in [6.45, 7) is 4.43. The van der Waals surface area contributed by atoms with Crippen LogP contribution >= 0.6 is 0 Å². The smallest absolute Gasteiger partial charge is 0.0589 e. The van der Waals surface area contributed by atoms with E-state index >= 15 is 0 Å². The van der Waals surface area contributed by atoms with Crippen molar-refractivity contribution in [2.45, 2.75) is 44.2 Å². The van der Waals surface area contributed by atoms with Crippen LogP contribution in [0.5, 0.6) is 0 Å². The van der Waals surface area contributed by atoms with Gasteiger partial charge in [0, 0.05) is 32.3 Å². The van der Waals surface area contributed by atoms with Gasteiger partial charge in [0.2, 0.25) is 0 Å². The van der Waals surface area contributed by atoms with Crippen molar-refractivity contribution in [2.75, 3.05) is 33.4 Å². The number of likely N-dealkylation sites (tertiary alicyclic amines) is 1. The zero-order valence-electron chi connectivity index (χ0n) is 9.87. The number of methoxy groups -OCH3 is 1. The molecule has 0 aromatic rings. The zero-order valence-corrected chi connectivity index (χ0v) is 9.87. The highest BCUT2D eigenvalue weighted by Gasteiger charge is 2.25. The molecule has 1 N–H and O–H groups in total. The molecule has 0 radical (unpaired) electrons. The Morgan fingerprint density at radius 1 is 1.27 bits per heavy atom. The molecule has 15 heavy (non-hydrogen) atoms. The van der Waals surface area contributed by atoms with Gasteiger partial charge in [-0.15, -0.1) is 0 Å². The third-order valence-corrected chi connectivity index (χ3v) is 3.55. The fourth-order valence-corrected chi connectivity index (χ4v) is 2.38. The fourth-order valence-electron chi connectivity index (χ4n) is 2.38. The molecule has 1 aliphatic carbocycles. The largest absolute Gasteiger partial charge is 0.383 e. The predicted molar refractivity (Wildman–Crippen MR) is 62.1 cm³/mol. The Labute approximate surface area is 93.2 Å². The summed E-state index contributed by atoms with van der Waals surface area (Å²) in [6.07, 6.45) is 6.92. The summed E-state index contributed by atoms with van der Waals surface area (Å²) in [5.41, 5.74) is 0. The van der Waals surface area contributed by atoms with Gasteiger partial charge in [0.25, 0.3) is 0 Å². The van der Waals surface area contributed by atoms with E-state index in [4.69, 9.17) is 4.74 Å². The quantitative estimate of drug-likeness (QED) is 0.717. The summed E-state index contributed by atoms with van der Waals surface area (Å²) >= 11 is 0. The van der Waals surface area contributed by atoms with E-state index in [9.17, 15) is 0 Å². The third-order valence-electron chi connectivity index (χ3n) is 3.55. The maximum absolute atomic E-state index is 5.17. The number of ether oxygens (including phenoxy) is 1. The number of nitrogens with zero attached hydrogens (tertiary/aromatic N) is 1. The number of hydrogen-bond acceptors (Lipinski definition) is 3. The Morgan fingerprint density at radius 2 is 2.13 bits per heavy atom. The molecule has 1 saturated heterocycles. The molecule has 3 nitrogen and oxygen atoms in total. The summed E-state index contributed by atoms with van der Waals surface area (Å²) in [5.74, 6) is 0. The summed E-state index contributed by atoms with van der Waals surface area (Å²) in [7, 11) is 1.79. The van der Waals surface area contributed by atoms with Crippen LogP contribution < -0.4 is 5.32 Å². The summed E-state index contributed by atoms with van der Waals surface area (Å²) in [6, 6.07) is 1.60. The van der Waals surface area contributed by atoms with Crippen LogP contribution in [0.2, 0.25) is 0 Å². The molecule has 2 rings (SSSR count). The van der Waals surface area contributed by atoms with E-state index in [-0.39, 0.29) is 0 Å². The maximum atomic E-state index is 5.17. The number of piperidine rings is 1. The van der Waals surface area contributed by atoms with Crippen molar-refractivity contribution in [3.63, 3.8) is 0 Å². The highest BCUT2D eigenvalue weighted by molar-refractivity contribution is 4.85. The van der Waals surface area contributed by atoms with E-state index in [0.29, 0.717) is 0 Å². The van der Waals surface area contributed by atoms with Gasteiger partial charge < -0.3 is 10.1 Å². The monoisotopic (exact) mass is 212 g/mol. The maximum Gasteiger partial charge on any atom is 0.0589 e. The van der Waals surface area contributed by atoms with Gasteiger partial charge in [0.15, 0.2) is 0 Å². The molecule has 2 aliphatic rings. The first kappa shape index (κ1) is 11.4. The Kier molecular flexibility index (Phi) is 4.42. The van der Waals surface area contributed by atoms with E-state index < -0.39 is 0 Å². The lowest BCUT2D eigenvalue weighted by atomic mass is 10.0. The molecule has 1 unspecified atom stereocenters. The standard InChI is InChI=1S/C12H24N2O/c1-15-9-8-14-7-3-2-4-12(14)10-13-11-5-6-11/h11-13H,2-10H2,1H3. The summed E-state index contributed by atoms with van der Waals surface area (Å²) in [4.78, 5) is 2.60. The normalized spacial score (nSPS) is 28.2. The van der Waals surface area contributed by atoms with E-state index in [1.54, 1.807) is 7.11 Å². The molecule has 1 saturated carbocycles. The molecule has 0 aromatic heterocycles. The van der Waals surface area contributed by atoms with Crippen molar-refractivity contribution < 1.29 is 4.74 Å². The molecule has 2 fully saturated rings. The van der Waals surface area contributed by atoms with Crippen molar-refractivity contribution in [3.05, 3.63) is 0 Å². The Morgan fingerprint density at radius 3 is 2.87 bits per heavy atom. The lowest BCUT2D eigenvalue weighted by Gasteiger charge is -2.35. The SMILES string of the molecule is COCCN1CCCCC1CNC1CC1. The van der Waals surface area contributed by atoms with Crippen molar-refractivity contribution >= 4 is 0 Å². The van der Waals surface area contributed by atoms with E-state index in [2.05, 4.69) is 10.2 Å². The molecule has 0 amide bonds. The number of hydrogen-bond donors (Lipinski definition) is 1. The Bertz CT molecular complexity index is 182. The zero-order chi connectivity index (χ0) is 10.5. The number of nitrogens with one attached hydrogen (secondary N) is 1. The highest BCUT2D eigenvalue weighted by atomic mass is 16.5. The molecular weight excluding hydrogens is 188 g/mol. The first-order valence-corrected chi connectivity index (χ1v) is 6.36. The Balaban J connectivity index is 1.70. The third kappa shape index (κ3) is 3.74. The second-order valence-corrected chi connectivity index (χ2v) is 4.86. The van der Waals surface area contributed by atoms with Gasteiger partial charge >= 0.3 is 0 Å². The van der Waals surface area contributed by atoms with Crippen LogP contribution in [0.4, 0.5) is 0 Å². The van der Waals surface area contributed by atoms with Crippen LogP contribution in [0.25, 0.3) is 0 Å². The molecule has 3 heteroatoms. The minimum Gasteiger partial charge on any atom is -0.383 e. The average Bonchev–Trinajstić information content (AvgIpc) is 3.08. The summed E-state index contributed by atoms with van der Waals surface area (Å²) in [5, 5.41) is 3.65. The highest BCUT2D eigenvalue weighted by Crippen LogP contribution is 2.21. The van der Waals surface area contributed by atoms with Crippen molar-refractivity contribution in [1.82, 2.24) is 10.2 Å². The van der Waals surface area contributed by atoms with Gasteiger partial charge in [-0.3, -0.25) is 4.90 Å². The topological polar surface area (TPSA) is 24.5 Å². The molecule has 1 aliphatic heterocycles. The van der Waals surface area contributed by atoms with Crippen LogP contribution in [0, 0.1) is 0 Å². The van der Waals surface area contributed by atoms with Gasteiger partial charge in [-0.2, -0.15) is 0 Å². The first-order valence-electron chi connectivity index (χ1n) is 6.36. The number of rotatable bonds is 6. The second-order valence-electron chi connectivity index (χ2n) is 4.86. The lowest BCUT2D eigenvalue weighted by molar-refractivity contribution is 0.0952. The molecule has 0 aromatic carbocycles. The van der Waals surface area contributed by atoms with Gasteiger partial charge in [-0.25, -0.2) is 0 Å². The minimum absolute atomic E-state index is 0.759. The van der Waals surface area contributed by atoms with Crippen LogP contribution in [-0.4, -0.2) is 50.3 Å². The van der Waals surface area contributed by atoms with Crippen molar-refractivity contribution in [1.29, 1.82) is 0 Å². The fraction of sp³-hybridized carbons (Fsp3) is 1.00. The lowest BCUT2D eigenvalue weighted by Crippen LogP contribution is -2.47. The van der Waals surface area contributed by atoms with Gasteiger partial charge in [0.1, 0.15) is 0 Å². The van der Waals surface area contributed by atoms with E-state index in [0.717, 1.165) is 25.2 Å². The van der Waals surface area contributed by atoms with E-state index in [1.807, 2.05) is 0 Å². The molecule has 1 atom stereocenters. The van der Waals surface area contributed by atoms with Crippen LogP contribution in [-0.2, 0) is 4.74 Å². The van der Waals surface area contributed by atoms with E-state index in [1.165, 1.54) is 45.2 Å². The predicted octanol–water partition coefficient (Wildman–Crippen LogP) is 1.24. The molecule has 0 bridgehead atoms. The molecule has 88 valence electrons. The Hall–Kier alpha value is -0.120. The van der Waals surface area contributed by atoms with Crippen molar-refractivity contribution in [3.8, 4) is 0 Å². The molecule has 0 spiro atoms. The first-order chi connectivity index (χ1) is 7.40. The minimum atomic E-state index is 0.759. The van der Waals surface area contributed by atoms with Crippen molar-refractivity contribution in [2.24, 2.45) is 0 Å². The van der Waals surface area contributed by atoms with Gasteiger partial charge in [0.05, 0.1) is 6.61 Å². The van der Waals surface area contributed by atoms with Crippen LogP contribution in [0.15, 0.2) is 0 Å². The summed E-state index contributed by atoms with van der Waals surface area (Å²) < 4.78 is 5.17. The molecule has 1 heterocycles. The van der Waals surface area contributed by atoms with Gasteiger partial charge in [-0.05, 0) is 32.2 Å². The van der Waals surface area contributed by atoms with Gasteiger partial charge in [-0.1, -0.05) is 6.42 Å². The van der Waals surface area contributed by atoms with Crippen LogP contribution in [0.3, 0.4) is 0 Å². The average molecular weight is 212 g/mol. The van der Waals surface area contributed by atoms with Crippen LogP contribution in [0.1, 0.15) is 32.1 Å². The molecular formula is C12H24N2O.